The second-order valence-electron chi connectivity index (χ2n) is 3.05. The molecule has 0 aliphatic heterocycles. The van der Waals surface area contributed by atoms with Crippen LogP contribution in [0.25, 0.3) is 0 Å². The highest BCUT2D eigenvalue weighted by atomic mass is 14.8. The minimum absolute atomic E-state index is 0.137. The van der Waals surface area contributed by atoms with Crippen LogP contribution in [0.4, 0.5) is 0 Å². The van der Waals surface area contributed by atoms with Crippen molar-refractivity contribution in [3.63, 3.8) is 0 Å². The maximum absolute atomic E-state index is 5.81. The summed E-state index contributed by atoms with van der Waals surface area (Å²) in [5.41, 5.74) is 17.0. The monoisotopic (exact) mass is 159 g/mol. The second-order valence-corrected chi connectivity index (χ2v) is 3.05. The van der Waals surface area contributed by atoms with Gasteiger partial charge in [-0.05, 0) is 25.8 Å². The SMILES string of the molecule is CCCC(N)C(N)CCCN. The summed E-state index contributed by atoms with van der Waals surface area (Å²) >= 11 is 0. The van der Waals surface area contributed by atoms with Crippen molar-refractivity contribution in [2.24, 2.45) is 17.2 Å². The molecule has 0 aromatic rings. The Morgan fingerprint density at radius 3 is 2.09 bits per heavy atom. The molecule has 0 saturated heterocycles. The molecule has 0 aliphatic carbocycles. The summed E-state index contributed by atoms with van der Waals surface area (Å²) in [5, 5.41) is 0. The van der Waals surface area contributed by atoms with E-state index in [2.05, 4.69) is 6.92 Å². The third-order valence-electron chi connectivity index (χ3n) is 1.91. The van der Waals surface area contributed by atoms with E-state index in [0.29, 0.717) is 6.54 Å². The Morgan fingerprint density at radius 2 is 1.64 bits per heavy atom. The molecule has 2 unspecified atom stereocenters. The minimum Gasteiger partial charge on any atom is -0.330 e. The smallest absolute Gasteiger partial charge is 0.0192 e. The second kappa shape index (κ2) is 6.58. The van der Waals surface area contributed by atoms with Gasteiger partial charge in [0.2, 0.25) is 0 Å². The molecule has 0 aromatic carbocycles. The molecule has 6 N–H and O–H groups in total. The predicted octanol–water partition coefficient (Wildman–Crippen LogP) is 0.180. The number of hydrogen-bond donors (Lipinski definition) is 3. The van der Waals surface area contributed by atoms with Crippen LogP contribution in [0.15, 0.2) is 0 Å². The molecule has 3 nitrogen and oxygen atoms in total. The molecule has 68 valence electrons. The predicted molar refractivity (Wildman–Crippen MR) is 49.1 cm³/mol. The summed E-state index contributed by atoms with van der Waals surface area (Å²) in [6.45, 7) is 2.84. The average molecular weight is 159 g/mol. The molecule has 3 heteroatoms. The first-order valence-corrected chi connectivity index (χ1v) is 4.43. The highest BCUT2D eigenvalue weighted by molar-refractivity contribution is 4.75. The van der Waals surface area contributed by atoms with Gasteiger partial charge >= 0.3 is 0 Å². The Hall–Kier alpha value is -0.120. The van der Waals surface area contributed by atoms with E-state index in [4.69, 9.17) is 17.2 Å². The third-order valence-corrected chi connectivity index (χ3v) is 1.91. The molecule has 0 fully saturated rings. The summed E-state index contributed by atoms with van der Waals surface area (Å²) in [7, 11) is 0. The van der Waals surface area contributed by atoms with Crippen molar-refractivity contribution in [2.75, 3.05) is 6.54 Å². The van der Waals surface area contributed by atoms with E-state index in [1.54, 1.807) is 0 Å². The molecule has 11 heavy (non-hydrogen) atoms. The molecule has 0 radical (unpaired) electrons. The van der Waals surface area contributed by atoms with Crippen LogP contribution in [0.2, 0.25) is 0 Å². The average Bonchev–Trinajstić information content (AvgIpc) is 2.00. The Bertz CT molecular complexity index is 85.4. The summed E-state index contributed by atoms with van der Waals surface area (Å²) in [4.78, 5) is 0. The lowest BCUT2D eigenvalue weighted by atomic mass is 10.0. The Kier molecular flexibility index (Phi) is 6.51. The van der Waals surface area contributed by atoms with Crippen molar-refractivity contribution in [3.8, 4) is 0 Å². The highest BCUT2D eigenvalue weighted by Crippen LogP contribution is 2.02. The van der Waals surface area contributed by atoms with Crippen LogP contribution in [0.5, 0.6) is 0 Å². The van der Waals surface area contributed by atoms with Gasteiger partial charge in [-0.2, -0.15) is 0 Å². The Morgan fingerprint density at radius 1 is 1.09 bits per heavy atom. The van der Waals surface area contributed by atoms with E-state index in [9.17, 15) is 0 Å². The lowest BCUT2D eigenvalue weighted by Crippen LogP contribution is -2.41. The van der Waals surface area contributed by atoms with Gasteiger partial charge in [-0.25, -0.2) is 0 Å². The maximum Gasteiger partial charge on any atom is 0.0192 e. The summed E-state index contributed by atoms with van der Waals surface area (Å²) in [6.07, 6.45) is 4.07. The molecular formula is C8H21N3. The first-order chi connectivity index (χ1) is 5.22. The molecule has 0 amide bonds. The molecule has 2 atom stereocenters. The van der Waals surface area contributed by atoms with Gasteiger partial charge in [0.05, 0.1) is 0 Å². The van der Waals surface area contributed by atoms with Gasteiger partial charge in [-0.1, -0.05) is 13.3 Å². The molecule has 0 rings (SSSR count). The summed E-state index contributed by atoms with van der Waals surface area (Å²) in [5.74, 6) is 0. The lowest BCUT2D eigenvalue weighted by molar-refractivity contribution is 0.457. The van der Waals surface area contributed by atoms with Crippen LogP contribution in [0.3, 0.4) is 0 Å². The van der Waals surface area contributed by atoms with Crippen LogP contribution in [-0.2, 0) is 0 Å². The van der Waals surface area contributed by atoms with Crippen LogP contribution < -0.4 is 17.2 Å². The summed E-state index contributed by atoms with van der Waals surface area (Å²) in [6, 6.07) is 0.296. The van der Waals surface area contributed by atoms with Gasteiger partial charge in [0.25, 0.3) is 0 Å². The lowest BCUT2D eigenvalue weighted by Gasteiger charge is -2.18. The van der Waals surface area contributed by atoms with Crippen LogP contribution in [0.1, 0.15) is 32.6 Å². The Balaban J connectivity index is 3.38. The van der Waals surface area contributed by atoms with Crippen molar-refractivity contribution in [3.05, 3.63) is 0 Å². The van der Waals surface area contributed by atoms with Crippen molar-refractivity contribution >= 4 is 0 Å². The fourth-order valence-corrected chi connectivity index (χ4v) is 1.12. The fourth-order valence-electron chi connectivity index (χ4n) is 1.12. The molecular weight excluding hydrogens is 138 g/mol. The van der Waals surface area contributed by atoms with Crippen LogP contribution in [-0.4, -0.2) is 18.6 Å². The van der Waals surface area contributed by atoms with E-state index in [-0.39, 0.29) is 12.1 Å². The van der Waals surface area contributed by atoms with Crippen molar-refractivity contribution in [1.29, 1.82) is 0 Å². The van der Waals surface area contributed by atoms with Gasteiger partial charge in [0.1, 0.15) is 0 Å². The maximum atomic E-state index is 5.81. The largest absolute Gasteiger partial charge is 0.330 e. The molecule has 0 saturated carbocycles. The van der Waals surface area contributed by atoms with E-state index in [0.717, 1.165) is 25.7 Å². The van der Waals surface area contributed by atoms with E-state index in [1.165, 1.54) is 0 Å². The van der Waals surface area contributed by atoms with Gasteiger partial charge in [-0.3, -0.25) is 0 Å². The van der Waals surface area contributed by atoms with Crippen LogP contribution in [0, 0.1) is 0 Å². The number of nitrogens with two attached hydrogens (primary N) is 3. The zero-order valence-corrected chi connectivity index (χ0v) is 7.42. The van der Waals surface area contributed by atoms with Crippen molar-refractivity contribution in [2.45, 2.75) is 44.7 Å². The quantitative estimate of drug-likeness (QED) is 0.517. The Labute approximate surface area is 69.3 Å². The van der Waals surface area contributed by atoms with Crippen molar-refractivity contribution < 1.29 is 0 Å². The zero-order valence-electron chi connectivity index (χ0n) is 7.42. The first-order valence-electron chi connectivity index (χ1n) is 4.43. The van der Waals surface area contributed by atoms with Gasteiger partial charge in [-0.15, -0.1) is 0 Å². The topological polar surface area (TPSA) is 78.1 Å². The van der Waals surface area contributed by atoms with E-state index >= 15 is 0 Å². The molecule has 0 heterocycles. The van der Waals surface area contributed by atoms with E-state index < -0.39 is 0 Å². The number of hydrogen-bond acceptors (Lipinski definition) is 3. The van der Waals surface area contributed by atoms with Gasteiger partial charge < -0.3 is 17.2 Å². The van der Waals surface area contributed by atoms with E-state index in [1.807, 2.05) is 0 Å². The molecule has 0 aromatic heterocycles. The highest BCUT2D eigenvalue weighted by Gasteiger charge is 2.10. The van der Waals surface area contributed by atoms with Crippen LogP contribution >= 0.6 is 0 Å². The van der Waals surface area contributed by atoms with Gasteiger partial charge in [0, 0.05) is 12.1 Å². The molecule has 0 spiro atoms. The molecule has 0 bridgehead atoms. The third kappa shape index (κ3) is 5.18. The zero-order chi connectivity index (χ0) is 8.69. The fraction of sp³-hybridized carbons (Fsp3) is 1.00. The molecule has 0 aliphatic rings. The normalized spacial score (nSPS) is 16.4. The standard InChI is InChI=1S/C8H21N3/c1-2-4-7(10)8(11)5-3-6-9/h7-8H,2-6,9-11H2,1H3. The number of rotatable bonds is 6. The van der Waals surface area contributed by atoms with Crippen molar-refractivity contribution in [1.82, 2.24) is 0 Å². The summed E-state index contributed by atoms with van der Waals surface area (Å²) < 4.78 is 0. The minimum atomic E-state index is 0.137. The first kappa shape index (κ1) is 10.9. The van der Waals surface area contributed by atoms with Gasteiger partial charge in [0.15, 0.2) is 0 Å².